The molecule has 0 spiro atoms. The van der Waals surface area contributed by atoms with Crippen LogP contribution in [0.5, 0.6) is 0 Å². The molecule has 0 bridgehead atoms. The maximum atomic E-state index is 11.0. The van der Waals surface area contributed by atoms with Gasteiger partial charge in [0.25, 0.3) is 0 Å². The van der Waals surface area contributed by atoms with E-state index in [-0.39, 0.29) is 24.1 Å². The summed E-state index contributed by atoms with van der Waals surface area (Å²) in [6.45, 7) is 2.75. The number of epoxide rings is 1. The molecule has 1 saturated carbocycles. The molecular weight excluding hydrogens is 224 g/mol. The van der Waals surface area contributed by atoms with Gasteiger partial charge in [-0.1, -0.05) is 0 Å². The molecule has 96 valence electrons. The number of ether oxygens (including phenoxy) is 3. The molecule has 4 atom stereocenters. The normalized spacial score (nSPS) is 36.1. The van der Waals surface area contributed by atoms with Gasteiger partial charge in [0.1, 0.15) is 12.2 Å². The van der Waals surface area contributed by atoms with E-state index in [4.69, 9.17) is 14.2 Å². The zero-order valence-corrected chi connectivity index (χ0v) is 10.2. The van der Waals surface area contributed by atoms with Gasteiger partial charge in [-0.05, 0) is 25.7 Å². The summed E-state index contributed by atoms with van der Waals surface area (Å²) in [6.07, 6.45) is 3.07. The summed E-state index contributed by atoms with van der Waals surface area (Å²) in [7, 11) is 0. The fourth-order valence-electron chi connectivity index (χ4n) is 2.41. The molecule has 0 N–H and O–H groups in total. The minimum Gasteiger partial charge on any atom is -0.459 e. The van der Waals surface area contributed by atoms with Crippen molar-refractivity contribution in [3.05, 3.63) is 0 Å². The van der Waals surface area contributed by atoms with Gasteiger partial charge in [-0.25, -0.2) is 0 Å². The molecule has 0 aromatic heterocycles. The lowest BCUT2D eigenvalue weighted by Crippen LogP contribution is -2.36. The van der Waals surface area contributed by atoms with Crippen LogP contribution in [0, 0.1) is 0 Å². The van der Waals surface area contributed by atoms with Crippen molar-refractivity contribution in [2.24, 2.45) is 0 Å². The first kappa shape index (κ1) is 12.4. The van der Waals surface area contributed by atoms with E-state index in [1.165, 1.54) is 13.8 Å². The Hall–Kier alpha value is -1.10. The van der Waals surface area contributed by atoms with Gasteiger partial charge in [-0.15, -0.1) is 0 Å². The molecule has 0 aromatic rings. The highest BCUT2D eigenvalue weighted by atomic mass is 16.6. The zero-order valence-electron chi connectivity index (χ0n) is 10.2. The smallest absolute Gasteiger partial charge is 0.303 e. The molecule has 5 heteroatoms. The Labute approximate surface area is 100 Å². The van der Waals surface area contributed by atoms with E-state index in [2.05, 4.69) is 0 Å². The van der Waals surface area contributed by atoms with Crippen LogP contribution in [0.2, 0.25) is 0 Å². The van der Waals surface area contributed by atoms with Crippen molar-refractivity contribution in [2.45, 2.75) is 63.9 Å². The largest absolute Gasteiger partial charge is 0.459 e. The molecule has 0 aromatic carbocycles. The van der Waals surface area contributed by atoms with Gasteiger partial charge in [0.15, 0.2) is 0 Å². The zero-order chi connectivity index (χ0) is 12.4. The quantitative estimate of drug-likeness (QED) is 0.537. The third-order valence-corrected chi connectivity index (χ3v) is 3.21. The second-order valence-electron chi connectivity index (χ2n) is 4.66. The summed E-state index contributed by atoms with van der Waals surface area (Å²) in [6, 6.07) is 0. The molecule has 1 heterocycles. The molecule has 5 nitrogen and oxygen atoms in total. The number of carbonyl (C=O) groups is 2. The summed E-state index contributed by atoms with van der Waals surface area (Å²) >= 11 is 0. The number of carbonyl (C=O) groups excluding carboxylic acids is 2. The fourth-order valence-corrected chi connectivity index (χ4v) is 2.41. The van der Waals surface area contributed by atoms with Crippen molar-refractivity contribution in [1.82, 2.24) is 0 Å². The van der Waals surface area contributed by atoms with E-state index in [0.717, 1.165) is 12.8 Å². The van der Waals surface area contributed by atoms with Crippen LogP contribution in [0.1, 0.15) is 39.5 Å². The summed E-state index contributed by atoms with van der Waals surface area (Å²) in [5, 5.41) is 0. The Balaban J connectivity index is 1.98. The van der Waals surface area contributed by atoms with Crippen molar-refractivity contribution in [1.29, 1.82) is 0 Å². The predicted molar refractivity (Wildman–Crippen MR) is 58.2 cm³/mol. The van der Waals surface area contributed by atoms with Crippen LogP contribution in [-0.4, -0.2) is 36.4 Å². The summed E-state index contributed by atoms with van der Waals surface area (Å²) in [5.74, 6) is -0.665. The Kier molecular flexibility index (Phi) is 3.66. The number of fused-ring (bicyclic) bond motifs is 1. The topological polar surface area (TPSA) is 65.1 Å². The highest BCUT2D eigenvalue weighted by Crippen LogP contribution is 2.35. The molecule has 1 aliphatic carbocycles. The minimum absolute atomic E-state index is 0.311. The molecule has 1 saturated heterocycles. The van der Waals surface area contributed by atoms with Crippen molar-refractivity contribution >= 4 is 11.9 Å². The average molecular weight is 242 g/mol. The van der Waals surface area contributed by atoms with E-state index in [0.29, 0.717) is 25.0 Å². The molecule has 2 rings (SSSR count). The van der Waals surface area contributed by atoms with Crippen LogP contribution >= 0.6 is 0 Å². The SMILES string of the molecule is CC(=O)O[C@H]1CC[C@H]2O[C@H]2CC[C@H]1OC(C)=O. The number of hydrogen-bond acceptors (Lipinski definition) is 5. The lowest BCUT2D eigenvalue weighted by Gasteiger charge is -2.27. The Morgan fingerprint density at radius 3 is 1.65 bits per heavy atom. The summed E-state index contributed by atoms with van der Waals surface area (Å²) in [4.78, 5) is 22.1. The van der Waals surface area contributed by atoms with Crippen LogP contribution in [0.25, 0.3) is 0 Å². The van der Waals surface area contributed by atoms with E-state index < -0.39 is 0 Å². The van der Waals surface area contributed by atoms with E-state index in [1.54, 1.807) is 0 Å². The first-order chi connectivity index (χ1) is 8.06. The van der Waals surface area contributed by atoms with E-state index in [9.17, 15) is 9.59 Å². The molecule has 1 aliphatic heterocycles. The summed E-state index contributed by atoms with van der Waals surface area (Å²) < 4.78 is 15.9. The van der Waals surface area contributed by atoms with Crippen LogP contribution in [0.3, 0.4) is 0 Å². The standard InChI is InChI=1S/C12H18O5/c1-7(13)15-9-3-5-11-12(17-11)6-4-10(9)16-8(2)14/h9-12H,3-6H2,1-2H3/t9-,10+,11+,12-. The average Bonchev–Trinajstić information content (AvgIpc) is 2.94. The van der Waals surface area contributed by atoms with Crippen molar-refractivity contribution in [3.8, 4) is 0 Å². The number of rotatable bonds is 2. The van der Waals surface area contributed by atoms with Crippen molar-refractivity contribution < 1.29 is 23.8 Å². The molecule has 0 unspecified atom stereocenters. The second-order valence-corrected chi connectivity index (χ2v) is 4.66. The lowest BCUT2D eigenvalue weighted by atomic mass is 9.96. The van der Waals surface area contributed by atoms with Crippen molar-refractivity contribution in [2.75, 3.05) is 0 Å². The third kappa shape index (κ3) is 3.43. The molecule has 17 heavy (non-hydrogen) atoms. The maximum Gasteiger partial charge on any atom is 0.303 e. The van der Waals surface area contributed by atoms with Gasteiger partial charge in [0.2, 0.25) is 0 Å². The number of hydrogen-bond donors (Lipinski definition) is 0. The minimum atomic E-state index is -0.332. The second kappa shape index (κ2) is 5.04. The number of esters is 2. The fraction of sp³-hybridized carbons (Fsp3) is 0.833. The van der Waals surface area contributed by atoms with Gasteiger partial charge >= 0.3 is 11.9 Å². The van der Waals surface area contributed by atoms with Crippen LogP contribution < -0.4 is 0 Å². The van der Waals surface area contributed by atoms with Crippen LogP contribution in [0.15, 0.2) is 0 Å². The molecule has 0 amide bonds. The van der Waals surface area contributed by atoms with E-state index in [1.807, 2.05) is 0 Å². The van der Waals surface area contributed by atoms with Gasteiger partial charge < -0.3 is 14.2 Å². The molecular formula is C12H18O5. The summed E-state index contributed by atoms with van der Waals surface area (Å²) in [5.41, 5.74) is 0. The first-order valence-electron chi connectivity index (χ1n) is 6.06. The first-order valence-corrected chi connectivity index (χ1v) is 6.06. The van der Waals surface area contributed by atoms with Gasteiger partial charge in [0.05, 0.1) is 12.2 Å². The van der Waals surface area contributed by atoms with Crippen molar-refractivity contribution in [3.63, 3.8) is 0 Å². The third-order valence-electron chi connectivity index (χ3n) is 3.21. The Morgan fingerprint density at radius 1 is 0.882 bits per heavy atom. The molecule has 2 aliphatic rings. The van der Waals surface area contributed by atoms with E-state index >= 15 is 0 Å². The Morgan fingerprint density at radius 2 is 1.29 bits per heavy atom. The van der Waals surface area contributed by atoms with Crippen LogP contribution in [0.4, 0.5) is 0 Å². The van der Waals surface area contributed by atoms with Gasteiger partial charge in [-0.2, -0.15) is 0 Å². The Bertz CT molecular complexity index is 284. The highest BCUT2D eigenvalue weighted by Gasteiger charge is 2.43. The van der Waals surface area contributed by atoms with Gasteiger partial charge in [-0.3, -0.25) is 9.59 Å². The van der Waals surface area contributed by atoms with Crippen LogP contribution in [-0.2, 0) is 23.8 Å². The maximum absolute atomic E-state index is 11.0. The monoisotopic (exact) mass is 242 g/mol. The highest BCUT2D eigenvalue weighted by molar-refractivity contribution is 5.67. The lowest BCUT2D eigenvalue weighted by molar-refractivity contribution is -0.166. The molecule has 2 fully saturated rings. The van der Waals surface area contributed by atoms with Gasteiger partial charge in [0, 0.05) is 13.8 Å². The predicted octanol–water partition coefficient (Wildman–Crippen LogP) is 1.19. The molecule has 0 radical (unpaired) electrons.